The number of para-hydroxylation sites is 1. The highest BCUT2D eigenvalue weighted by Crippen LogP contribution is 2.19. The fourth-order valence-electron chi connectivity index (χ4n) is 2.86. The van der Waals surface area contributed by atoms with E-state index in [2.05, 4.69) is 15.6 Å². The summed E-state index contributed by atoms with van der Waals surface area (Å²) in [6.07, 6.45) is -0.815. The zero-order chi connectivity index (χ0) is 21.7. The molecule has 0 fully saturated rings. The number of fused-ring (bicyclic) bond motifs is 1. The Labute approximate surface area is 167 Å². The number of aliphatic hydroxyl groups is 2. The smallest absolute Gasteiger partial charge is 0.326 e. The van der Waals surface area contributed by atoms with E-state index in [0.717, 1.165) is 10.9 Å². The number of benzene rings is 1. The molecule has 0 aliphatic heterocycles. The monoisotopic (exact) mass is 406 g/mol. The molecular formula is C19H26N4O6. The van der Waals surface area contributed by atoms with Crippen LogP contribution in [0.1, 0.15) is 19.4 Å². The number of rotatable bonds is 9. The van der Waals surface area contributed by atoms with Crippen molar-refractivity contribution in [3.8, 4) is 0 Å². The average molecular weight is 406 g/mol. The third kappa shape index (κ3) is 5.53. The molecule has 158 valence electrons. The first-order valence-corrected chi connectivity index (χ1v) is 9.12. The summed E-state index contributed by atoms with van der Waals surface area (Å²) in [7, 11) is 0. The van der Waals surface area contributed by atoms with E-state index in [4.69, 9.17) is 5.73 Å². The third-order valence-electron chi connectivity index (χ3n) is 4.60. The van der Waals surface area contributed by atoms with Gasteiger partial charge in [-0.25, -0.2) is 4.79 Å². The van der Waals surface area contributed by atoms with Crippen LogP contribution in [0.2, 0.25) is 0 Å². The number of carboxylic acids is 1. The van der Waals surface area contributed by atoms with Crippen LogP contribution in [0.15, 0.2) is 30.5 Å². The lowest BCUT2D eigenvalue weighted by Crippen LogP contribution is -2.59. The summed E-state index contributed by atoms with van der Waals surface area (Å²) in [5.41, 5.74) is 7.06. The number of hydrogen-bond acceptors (Lipinski definition) is 6. The van der Waals surface area contributed by atoms with Crippen molar-refractivity contribution < 1.29 is 29.7 Å². The van der Waals surface area contributed by atoms with E-state index >= 15 is 0 Å². The topological polar surface area (TPSA) is 178 Å². The molecule has 10 nitrogen and oxygen atoms in total. The van der Waals surface area contributed by atoms with Gasteiger partial charge in [-0.1, -0.05) is 18.2 Å². The van der Waals surface area contributed by atoms with Gasteiger partial charge in [0.2, 0.25) is 11.8 Å². The Balaban J connectivity index is 2.14. The first-order chi connectivity index (χ1) is 13.6. The molecule has 2 amide bonds. The number of aliphatic hydroxyl groups excluding tert-OH is 2. The SMILES string of the molecule is C[C@@H](O)[C@H](N)C(=O)N[C@H](C(=O)N[C@@H](Cc1c[nH]c2ccccc12)C(=O)O)[C@@H](C)O. The molecule has 1 heterocycles. The van der Waals surface area contributed by atoms with Crippen LogP contribution in [0.5, 0.6) is 0 Å². The number of carbonyl (C=O) groups is 3. The minimum Gasteiger partial charge on any atom is -0.480 e. The number of nitrogens with one attached hydrogen (secondary N) is 3. The quantitative estimate of drug-likeness (QED) is 0.275. The Morgan fingerprint density at radius 1 is 1.07 bits per heavy atom. The molecule has 29 heavy (non-hydrogen) atoms. The third-order valence-corrected chi connectivity index (χ3v) is 4.60. The maximum Gasteiger partial charge on any atom is 0.326 e. The van der Waals surface area contributed by atoms with E-state index in [1.165, 1.54) is 13.8 Å². The number of aromatic nitrogens is 1. The van der Waals surface area contributed by atoms with Crippen molar-refractivity contribution in [2.24, 2.45) is 5.73 Å². The summed E-state index contributed by atoms with van der Waals surface area (Å²) in [5, 5.41) is 34.2. The van der Waals surface area contributed by atoms with Crippen molar-refractivity contribution >= 4 is 28.7 Å². The molecule has 5 atom stereocenters. The van der Waals surface area contributed by atoms with Gasteiger partial charge in [-0.05, 0) is 25.5 Å². The Bertz CT molecular complexity index is 878. The van der Waals surface area contributed by atoms with Gasteiger partial charge in [-0.15, -0.1) is 0 Å². The Morgan fingerprint density at radius 2 is 1.72 bits per heavy atom. The zero-order valence-electron chi connectivity index (χ0n) is 16.1. The van der Waals surface area contributed by atoms with Crippen LogP contribution >= 0.6 is 0 Å². The van der Waals surface area contributed by atoms with Crippen LogP contribution in [0, 0.1) is 0 Å². The van der Waals surface area contributed by atoms with Crippen LogP contribution < -0.4 is 16.4 Å². The molecule has 10 heteroatoms. The number of aliphatic carboxylic acids is 1. The van der Waals surface area contributed by atoms with Crippen LogP contribution in [0.3, 0.4) is 0 Å². The lowest BCUT2D eigenvalue weighted by atomic mass is 10.0. The largest absolute Gasteiger partial charge is 0.480 e. The second kappa shape index (κ2) is 9.50. The van der Waals surface area contributed by atoms with Gasteiger partial charge in [0.15, 0.2) is 0 Å². The molecule has 2 aromatic rings. The second-order valence-electron chi connectivity index (χ2n) is 6.96. The van der Waals surface area contributed by atoms with Crippen LogP contribution in [0.4, 0.5) is 0 Å². The fourth-order valence-corrected chi connectivity index (χ4v) is 2.86. The van der Waals surface area contributed by atoms with Crippen LogP contribution in [-0.2, 0) is 20.8 Å². The van der Waals surface area contributed by atoms with E-state index in [0.29, 0.717) is 5.56 Å². The van der Waals surface area contributed by atoms with Crippen molar-refractivity contribution in [2.45, 2.75) is 50.6 Å². The van der Waals surface area contributed by atoms with Crippen molar-refractivity contribution in [3.05, 3.63) is 36.0 Å². The molecule has 0 aliphatic carbocycles. The summed E-state index contributed by atoms with van der Waals surface area (Å²) in [4.78, 5) is 39.3. The molecule has 1 aromatic heterocycles. The lowest BCUT2D eigenvalue weighted by Gasteiger charge is -2.25. The van der Waals surface area contributed by atoms with E-state index in [9.17, 15) is 29.7 Å². The Morgan fingerprint density at radius 3 is 2.31 bits per heavy atom. The second-order valence-corrected chi connectivity index (χ2v) is 6.96. The summed E-state index contributed by atoms with van der Waals surface area (Å²) >= 11 is 0. The van der Waals surface area contributed by atoms with Crippen molar-refractivity contribution in [2.75, 3.05) is 0 Å². The standard InChI is InChI=1S/C19H26N4O6/c1-9(24)15(20)17(26)23-16(10(2)25)18(27)22-14(19(28)29)7-11-8-21-13-6-4-3-5-12(11)13/h3-6,8-10,14-16,21,24-25H,7,20H2,1-2H3,(H,22,27)(H,23,26)(H,28,29)/t9-,10-,14+,15+,16+/m1/s1. The first kappa shape index (κ1) is 22.3. The predicted octanol–water partition coefficient (Wildman–Crippen LogP) is -1.15. The molecule has 0 spiro atoms. The molecule has 0 unspecified atom stereocenters. The summed E-state index contributed by atoms with van der Waals surface area (Å²) in [6, 6.07) is 3.31. The molecule has 0 saturated heterocycles. The van der Waals surface area contributed by atoms with Gasteiger partial charge in [-0.3, -0.25) is 9.59 Å². The summed E-state index contributed by atoms with van der Waals surface area (Å²) < 4.78 is 0. The highest BCUT2D eigenvalue weighted by molar-refractivity contribution is 5.92. The van der Waals surface area contributed by atoms with Gasteiger partial charge in [0.25, 0.3) is 0 Å². The molecule has 1 aromatic carbocycles. The van der Waals surface area contributed by atoms with Crippen molar-refractivity contribution in [3.63, 3.8) is 0 Å². The summed E-state index contributed by atoms with van der Waals surface area (Å²) in [5.74, 6) is -2.98. The molecular weight excluding hydrogens is 380 g/mol. The molecule has 8 N–H and O–H groups in total. The Hall–Kier alpha value is -2.95. The lowest BCUT2D eigenvalue weighted by molar-refractivity contribution is -0.143. The number of carbonyl (C=O) groups excluding carboxylic acids is 2. The van der Waals surface area contributed by atoms with Crippen molar-refractivity contribution in [1.82, 2.24) is 15.6 Å². The van der Waals surface area contributed by atoms with E-state index < -0.39 is 48.1 Å². The van der Waals surface area contributed by atoms with Crippen LogP contribution in [0.25, 0.3) is 10.9 Å². The van der Waals surface area contributed by atoms with Gasteiger partial charge in [0, 0.05) is 23.5 Å². The number of H-pyrrole nitrogens is 1. The van der Waals surface area contributed by atoms with Gasteiger partial charge < -0.3 is 36.7 Å². The van der Waals surface area contributed by atoms with Gasteiger partial charge in [-0.2, -0.15) is 0 Å². The van der Waals surface area contributed by atoms with E-state index in [-0.39, 0.29) is 6.42 Å². The minimum atomic E-state index is -1.43. The number of carboxylic acid groups (broad SMARTS) is 1. The number of hydrogen-bond donors (Lipinski definition) is 7. The molecule has 2 rings (SSSR count). The van der Waals surface area contributed by atoms with E-state index in [1.54, 1.807) is 6.20 Å². The van der Waals surface area contributed by atoms with E-state index in [1.807, 2.05) is 24.3 Å². The van der Waals surface area contributed by atoms with Gasteiger partial charge in [0.05, 0.1) is 12.2 Å². The van der Waals surface area contributed by atoms with Crippen molar-refractivity contribution in [1.29, 1.82) is 0 Å². The zero-order valence-corrected chi connectivity index (χ0v) is 16.1. The normalized spacial score (nSPS) is 16.4. The van der Waals surface area contributed by atoms with Gasteiger partial charge >= 0.3 is 5.97 Å². The summed E-state index contributed by atoms with van der Waals surface area (Å²) in [6.45, 7) is 2.58. The Kier molecular flexibility index (Phi) is 7.32. The maximum atomic E-state index is 12.6. The average Bonchev–Trinajstić information content (AvgIpc) is 3.07. The first-order valence-electron chi connectivity index (χ1n) is 9.12. The highest BCUT2D eigenvalue weighted by atomic mass is 16.4. The predicted molar refractivity (Wildman–Crippen MR) is 105 cm³/mol. The molecule has 0 aliphatic rings. The number of aromatic amines is 1. The van der Waals surface area contributed by atoms with Crippen LogP contribution in [-0.4, -0.2) is 68.4 Å². The molecule has 0 saturated carbocycles. The molecule has 0 radical (unpaired) electrons. The fraction of sp³-hybridized carbons (Fsp3) is 0.421. The maximum absolute atomic E-state index is 12.6. The molecule has 0 bridgehead atoms. The number of nitrogens with two attached hydrogens (primary N) is 1. The number of amides is 2. The minimum absolute atomic E-state index is 0.00124. The van der Waals surface area contributed by atoms with Gasteiger partial charge in [0.1, 0.15) is 18.1 Å². The highest BCUT2D eigenvalue weighted by Gasteiger charge is 2.32.